The van der Waals surface area contributed by atoms with Gasteiger partial charge in [0, 0.05) is 36.5 Å². The Bertz CT molecular complexity index is 316. The third-order valence-corrected chi connectivity index (χ3v) is 7.42. The average Bonchev–Trinajstić information content (AvgIpc) is 2.56. The van der Waals surface area contributed by atoms with Gasteiger partial charge in [0.05, 0.1) is 0 Å². The van der Waals surface area contributed by atoms with Crippen LogP contribution in [0.15, 0.2) is 0 Å². The van der Waals surface area contributed by atoms with Crippen LogP contribution in [0.5, 0.6) is 0 Å². The van der Waals surface area contributed by atoms with Gasteiger partial charge in [-0.1, -0.05) is 32.1 Å². The Morgan fingerprint density at radius 3 is 2.43 bits per heavy atom. The lowest BCUT2D eigenvalue weighted by atomic mass is 9.82. The highest BCUT2D eigenvalue weighted by atomic mass is 32.2. The molecule has 0 aromatic rings. The van der Waals surface area contributed by atoms with E-state index in [-0.39, 0.29) is 0 Å². The van der Waals surface area contributed by atoms with Gasteiger partial charge in [0.1, 0.15) is 0 Å². The molecule has 0 aromatic carbocycles. The highest BCUT2D eigenvalue weighted by Crippen LogP contribution is 2.34. The molecular formula is C18H34N2S. The molecule has 3 aliphatic rings. The molecular weight excluding hydrogens is 276 g/mol. The molecule has 122 valence electrons. The largest absolute Gasteiger partial charge is 0.311 e. The van der Waals surface area contributed by atoms with Gasteiger partial charge in [0.15, 0.2) is 0 Å². The van der Waals surface area contributed by atoms with Gasteiger partial charge in [-0.2, -0.15) is 11.8 Å². The standard InChI is InChI=1S/C18H34N2S/c1-14-12-19-16(15-8-4-3-5-9-15)13-20(14)17-10-6-7-11-18(17)21-2/h14-19H,3-13H2,1-2H3. The molecule has 1 aliphatic heterocycles. The van der Waals surface area contributed by atoms with Gasteiger partial charge in [-0.25, -0.2) is 0 Å². The number of nitrogens with zero attached hydrogens (tertiary/aromatic N) is 1. The molecule has 1 N–H and O–H groups in total. The molecule has 4 atom stereocenters. The van der Waals surface area contributed by atoms with Gasteiger partial charge in [-0.3, -0.25) is 4.90 Å². The minimum Gasteiger partial charge on any atom is -0.311 e. The number of hydrogen-bond acceptors (Lipinski definition) is 3. The van der Waals surface area contributed by atoms with E-state index in [2.05, 4.69) is 35.2 Å². The SMILES string of the molecule is CSC1CCCCC1N1CC(C2CCCCC2)NCC1C. The Hall–Kier alpha value is 0.270. The minimum absolute atomic E-state index is 0.725. The van der Waals surface area contributed by atoms with E-state index in [0.29, 0.717) is 0 Å². The monoisotopic (exact) mass is 310 g/mol. The Labute approximate surface area is 135 Å². The molecule has 1 heterocycles. The summed E-state index contributed by atoms with van der Waals surface area (Å²) in [5.41, 5.74) is 0. The van der Waals surface area contributed by atoms with Gasteiger partial charge >= 0.3 is 0 Å². The summed E-state index contributed by atoms with van der Waals surface area (Å²) in [5, 5.41) is 4.77. The Morgan fingerprint density at radius 1 is 0.952 bits per heavy atom. The van der Waals surface area contributed by atoms with Crippen LogP contribution in [0.25, 0.3) is 0 Å². The normalized spacial score (nSPS) is 40.3. The summed E-state index contributed by atoms with van der Waals surface area (Å²) >= 11 is 2.12. The molecule has 3 fully saturated rings. The van der Waals surface area contributed by atoms with Crippen LogP contribution in [0.2, 0.25) is 0 Å². The van der Waals surface area contributed by atoms with Crippen molar-refractivity contribution in [2.45, 2.75) is 88.1 Å². The third kappa shape index (κ3) is 3.79. The fraction of sp³-hybridized carbons (Fsp3) is 1.00. The molecule has 3 rings (SSSR count). The van der Waals surface area contributed by atoms with Crippen molar-refractivity contribution in [3.8, 4) is 0 Å². The zero-order chi connectivity index (χ0) is 14.7. The molecule has 0 radical (unpaired) electrons. The topological polar surface area (TPSA) is 15.3 Å². The molecule has 0 spiro atoms. The lowest BCUT2D eigenvalue weighted by molar-refractivity contribution is 0.0528. The molecule has 0 amide bonds. The van der Waals surface area contributed by atoms with Crippen molar-refractivity contribution in [3.05, 3.63) is 0 Å². The van der Waals surface area contributed by atoms with E-state index in [0.717, 1.165) is 29.3 Å². The molecule has 2 nitrogen and oxygen atoms in total. The summed E-state index contributed by atoms with van der Waals surface area (Å²) in [7, 11) is 0. The zero-order valence-electron chi connectivity index (χ0n) is 14.0. The second-order valence-electron chi connectivity index (χ2n) is 7.58. The third-order valence-electron chi connectivity index (χ3n) is 6.26. The van der Waals surface area contributed by atoms with Crippen LogP contribution >= 0.6 is 11.8 Å². The van der Waals surface area contributed by atoms with E-state index in [1.165, 1.54) is 70.9 Å². The van der Waals surface area contributed by atoms with Gasteiger partial charge in [0.25, 0.3) is 0 Å². The average molecular weight is 311 g/mol. The van der Waals surface area contributed by atoms with E-state index in [4.69, 9.17) is 0 Å². The second-order valence-corrected chi connectivity index (χ2v) is 8.66. The maximum atomic E-state index is 3.89. The maximum absolute atomic E-state index is 3.89. The number of rotatable bonds is 3. The first kappa shape index (κ1) is 16.1. The highest BCUT2D eigenvalue weighted by Gasteiger charge is 2.37. The molecule has 21 heavy (non-hydrogen) atoms. The molecule has 1 saturated heterocycles. The second kappa shape index (κ2) is 7.70. The van der Waals surface area contributed by atoms with Gasteiger partial charge < -0.3 is 5.32 Å². The van der Waals surface area contributed by atoms with Crippen molar-refractivity contribution in [1.82, 2.24) is 10.2 Å². The van der Waals surface area contributed by atoms with E-state index >= 15 is 0 Å². The van der Waals surface area contributed by atoms with Crippen molar-refractivity contribution in [1.29, 1.82) is 0 Å². The molecule has 0 bridgehead atoms. The van der Waals surface area contributed by atoms with Gasteiger partial charge in [-0.05, 0) is 44.8 Å². The summed E-state index contributed by atoms with van der Waals surface area (Å²) < 4.78 is 0. The van der Waals surface area contributed by atoms with Crippen LogP contribution in [0.3, 0.4) is 0 Å². The summed E-state index contributed by atoms with van der Waals surface area (Å²) in [4.78, 5) is 2.90. The quantitative estimate of drug-likeness (QED) is 0.851. The lowest BCUT2D eigenvalue weighted by Crippen LogP contribution is -2.62. The summed E-state index contributed by atoms with van der Waals surface area (Å²) in [5.74, 6) is 0.949. The van der Waals surface area contributed by atoms with E-state index in [1.54, 1.807) is 0 Å². The summed E-state index contributed by atoms with van der Waals surface area (Å²) in [6.07, 6.45) is 15.5. The van der Waals surface area contributed by atoms with Crippen LogP contribution in [0, 0.1) is 5.92 Å². The Morgan fingerprint density at radius 2 is 1.67 bits per heavy atom. The predicted molar refractivity (Wildman–Crippen MR) is 94.1 cm³/mol. The number of nitrogens with one attached hydrogen (secondary N) is 1. The van der Waals surface area contributed by atoms with Crippen LogP contribution in [-0.2, 0) is 0 Å². The molecule has 2 saturated carbocycles. The first-order chi connectivity index (χ1) is 10.3. The number of thioether (sulfide) groups is 1. The van der Waals surface area contributed by atoms with Crippen molar-refractivity contribution >= 4 is 11.8 Å². The fourth-order valence-corrected chi connectivity index (χ4v) is 5.97. The fourth-order valence-electron chi connectivity index (χ4n) is 4.96. The summed E-state index contributed by atoms with van der Waals surface area (Å²) in [6, 6.07) is 2.34. The van der Waals surface area contributed by atoms with Crippen molar-refractivity contribution in [2.24, 2.45) is 5.92 Å². The molecule has 2 aliphatic carbocycles. The van der Waals surface area contributed by atoms with Gasteiger partial charge in [0.2, 0.25) is 0 Å². The number of hydrogen-bond donors (Lipinski definition) is 1. The van der Waals surface area contributed by atoms with Crippen LogP contribution in [-0.4, -0.2) is 47.6 Å². The van der Waals surface area contributed by atoms with Crippen LogP contribution in [0.4, 0.5) is 0 Å². The van der Waals surface area contributed by atoms with Crippen LogP contribution in [0.1, 0.15) is 64.7 Å². The molecule has 4 unspecified atom stereocenters. The van der Waals surface area contributed by atoms with Crippen molar-refractivity contribution < 1.29 is 0 Å². The molecule has 0 aromatic heterocycles. The lowest BCUT2D eigenvalue weighted by Gasteiger charge is -2.49. The van der Waals surface area contributed by atoms with Crippen LogP contribution < -0.4 is 5.32 Å². The zero-order valence-corrected chi connectivity index (χ0v) is 14.8. The first-order valence-corrected chi connectivity index (χ1v) is 10.6. The van der Waals surface area contributed by atoms with E-state index in [9.17, 15) is 0 Å². The Kier molecular flexibility index (Phi) is 5.92. The smallest absolute Gasteiger partial charge is 0.0224 e. The predicted octanol–water partition coefficient (Wildman–Crippen LogP) is 3.90. The Balaban J connectivity index is 1.64. The number of piperazine rings is 1. The first-order valence-electron chi connectivity index (χ1n) is 9.31. The maximum Gasteiger partial charge on any atom is 0.0224 e. The highest BCUT2D eigenvalue weighted by molar-refractivity contribution is 7.99. The van der Waals surface area contributed by atoms with Crippen molar-refractivity contribution in [2.75, 3.05) is 19.3 Å². The summed E-state index contributed by atoms with van der Waals surface area (Å²) in [6.45, 7) is 4.96. The van der Waals surface area contributed by atoms with E-state index in [1.807, 2.05) is 0 Å². The minimum atomic E-state index is 0.725. The van der Waals surface area contributed by atoms with E-state index < -0.39 is 0 Å². The molecule has 3 heteroatoms. The van der Waals surface area contributed by atoms with Gasteiger partial charge in [-0.15, -0.1) is 0 Å². The van der Waals surface area contributed by atoms with Crippen molar-refractivity contribution in [3.63, 3.8) is 0 Å².